The van der Waals surface area contributed by atoms with Crippen molar-refractivity contribution in [3.8, 4) is 0 Å². The van der Waals surface area contributed by atoms with E-state index in [-0.39, 0.29) is 12.4 Å². The third-order valence-electron chi connectivity index (χ3n) is 2.65. The van der Waals surface area contributed by atoms with Crippen LogP contribution in [0, 0.1) is 0 Å². The number of carbonyl (C=O) groups is 1. The number of hydroxylamine groups is 1. The first-order chi connectivity index (χ1) is 10.6. The van der Waals surface area contributed by atoms with E-state index in [2.05, 4.69) is 4.28 Å². The van der Waals surface area contributed by atoms with Gasteiger partial charge in [0.15, 0.2) is 0 Å². The molecule has 0 aliphatic heterocycles. The van der Waals surface area contributed by atoms with E-state index in [9.17, 15) is 13.2 Å². The number of nitrogens with one attached hydrogen (secondary N) is 1. The first-order valence-corrected chi connectivity index (χ1v) is 8.05. The highest BCUT2D eigenvalue weighted by Gasteiger charge is 2.15. The highest BCUT2D eigenvalue weighted by atomic mass is 32.2. The van der Waals surface area contributed by atoms with Gasteiger partial charge in [-0.25, -0.2) is 4.79 Å². The van der Waals surface area contributed by atoms with Gasteiger partial charge in [-0.3, -0.25) is 0 Å². The van der Waals surface area contributed by atoms with Crippen LogP contribution in [0.4, 0.5) is 4.79 Å². The molecule has 22 heavy (non-hydrogen) atoms. The zero-order valence-electron chi connectivity index (χ0n) is 11.6. The topological polar surface area (TPSA) is 81.7 Å². The second-order valence-corrected chi connectivity index (χ2v) is 6.01. The lowest BCUT2D eigenvalue weighted by Crippen LogP contribution is -2.28. The van der Waals surface area contributed by atoms with Gasteiger partial charge in [0.05, 0.1) is 0 Å². The van der Waals surface area contributed by atoms with Gasteiger partial charge in [-0.1, -0.05) is 60.7 Å². The number of amides is 1. The van der Waals surface area contributed by atoms with Crippen LogP contribution in [0.15, 0.2) is 60.7 Å². The van der Waals surface area contributed by atoms with Crippen molar-refractivity contribution in [2.24, 2.45) is 0 Å². The number of carbonyl (C=O) groups excluding carboxylic acids is 1. The van der Waals surface area contributed by atoms with Crippen LogP contribution >= 0.6 is 0 Å². The maximum Gasteiger partial charge on any atom is 0.432 e. The summed E-state index contributed by atoms with van der Waals surface area (Å²) in [5.41, 5.74) is 3.10. The van der Waals surface area contributed by atoms with Crippen LogP contribution in [-0.2, 0) is 31.5 Å². The Morgan fingerprint density at radius 1 is 0.909 bits per heavy atom. The fourth-order valence-electron chi connectivity index (χ4n) is 1.66. The Bertz CT molecular complexity index is 701. The Balaban J connectivity index is 1.78. The van der Waals surface area contributed by atoms with Gasteiger partial charge in [0.1, 0.15) is 12.4 Å². The zero-order chi connectivity index (χ0) is 15.8. The van der Waals surface area contributed by atoms with Crippen LogP contribution in [0.5, 0.6) is 0 Å². The summed E-state index contributed by atoms with van der Waals surface area (Å²) in [7, 11) is -3.92. The SMILES string of the molecule is O=C(NOS(=O)(=O)Cc1ccccc1)OCc1ccccc1. The van der Waals surface area contributed by atoms with Crippen molar-refractivity contribution in [2.75, 3.05) is 0 Å². The minimum atomic E-state index is -3.92. The van der Waals surface area contributed by atoms with Crippen LogP contribution in [0.3, 0.4) is 0 Å². The lowest BCUT2D eigenvalue weighted by Gasteiger charge is -2.07. The molecule has 116 valence electrons. The average molecular weight is 321 g/mol. The second-order valence-electron chi connectivity index (χ2n) is 4.43. The molecule has 1 N–H and O–H groups in total. The zero-order valence-corrected chi connectivity index (χ0v) is 12.5. The Kier molecular flexibility index (Phi) is 5.51. The Labute approximate surface area is 128 Å². The maximum atomic E-state index is 11.7. The molecule has 0 unspecified atom stereocenters. The van der Waals surface area contributed by atoms with E-state index < -0.39 is 16.2 Å². The van der Waals surface area contributed by atoms with Crippen LogP contribution in [0.2, 0.25) is 0 Å². The lowest BCUT2D eigenvalue weighted by atomic mass is 10.2. The molecule has 7 heteroatoms. The smallest absolute Gasteiger partial charge is 0.432 e. The molecular weight excluding hydrogens is 306 g/mol. The number of rotatable bonds is 6. The van der Waals surface area contributed by atoms with Gasteiger partial charge in [-0.15, -0.1) is 4.28 Å². The molecular formula is C15H15NO5S. The summed E-state index contributed by atoms with van der Waals surface area (Å²) in [6.07, 6.45) is -0.972. The molecule has 0 aromatic heterocycles. The summed E-state index contributed by atoms with van der Waals surface area (Å²) in [4.78, 5) is 11.4. The largest absolute Gasteiger partial charge is 0.443 e. The van der Waals surface area contributed by atoms with E-state index in [0.29, 0.717) is 5.56 Å². The highest BCUT2D eigenvalue weighted by molar-refractivity contribution is 7.85. The standard InChI is InChI=1S/C15H15NO5S/c17-15(20-11-13-7-3-1-4-8-13)16-21-22(18,19)12-14-9-5-2-6-10-14/h1-10H,11-12H2,(H,16,17). The molecule has 0 saturated heterocycles. The summed E-state index contributed by atoms with van der Waals surface area (Å²) in [6, 6.07) is 17.5. The Hall–Kier alpha value is -2.38. The van der Waals surface area contributed by atoms with Crippen molar-refractivity contribution in [1.29, 1.82) is 0 Å². The molecule has 0 spiro atoms. The second kappa shape index (κ2) is 7.58. The molecule has 0 aliphatic rings. The minimum absolute atomic E-state index is 0.0226. The first-order valence-electron chi connectivity index (χ1n) is 6.47. The number of ether oxygens (including phenoxy) is 1. The van der Waals surface area contributed by atoms with Gasteiger partial charge in [0.2, 0.25) is 0 Å². The lowest BCUT2D eigenvalue weighted by molar-refractivity contribution is 0.0970. The molecule has 2 rings (SSSR count). The molecule has 1 amide bonds. The molecule has 0 saturated carbocycles. The van der Waals surface area contributed by atoms with Crippen LogP contribution in [-0.4, -0.2) is 14.5 Å². The maximum absolute atomic E-state index is 11.7. The fraction of sp³-hybridized carbons (Fsp3) is 0.133. The van der Waals surface area contributed by atoms with E-state index >= 15 is 0 Å². The number of hydrogen-bond acceptors (Lipinski definition) is 5. The van der Waals surface area contributed by atoms with Crippen molar-refractivity contribution in [1.82, 2.24) is 5.48 Å². The van der Waals surface area contributed by atoms with Gasteiger partial charge in [0.25, 0.3) is 10.1 Å². The fourth-order valence-corrected chi connectivity index (χ4v) is 2.51. The van der Waals surface area contributed by atoms with E-state index in [0.717, 1.165) is 5.56 Å². The van der Waals surface area contributed by atoms with E-state index in [1.165, 1.54) is 0 Å². The van der Waals surface area contributed by atoms with Crippen molar-refractivity contribution < 1.29 is 22.2 Å². The van der Waals surface area contributed by atoms with Crippen LogP contribution < -0.4 is 5.48 Å². The summed E-state index contributed by atoms with van der Waals surface area (Å²) < 4.78 is 32.6. The summed E-state index contributed by atoms with van der Waals surface area (Å²) >= 11 is 0. The van der Waals surface area contributed by atoms with Crippen LogP contribution in [0.25, 0.3) is 0 Å². The predicted octanol–water partition coefficient (Wildman–Crippen LogP) is 2.37. The van der Waals surface area contributed by atoms with Crippen LogP contribution in [0.1, 0.15) is 11.1 Å². The summed E-state index contributed by atoms with van der Waals surface area (Å²) in [5.74, 6) is -0.340. The van der Waals surface area contributed by atoms with Crippen molar-refractivity contribution >= 4 is 16.2 Å². The highest BCUT2D eigenvalue weighted by Crippen LogP contribution is 2.06. The molecule has 0 radical (unpaired) electrons. The Morgan fingerprint density at radius 2 is 1.45 bits per heavy atom. The minimum Gasteiger partial charge on any atom is -0.443 e. The third kappa shape index (κ3) is 5.55. The molecule has 0 heterocycles. The van der Waals surface area contributed by atoms with E-state index in [1.807, 2.05) is 6.07 Å². The molecule has 0 aliphatic carbocycles. The van der Waals surface area contributed by atoms with Gasteiger partial charge >= 0.3 is 6.09 Å². The molecule has 0 atom stereocenters. The molecule has 2 aromatic rings. The van der Waals surface area contributed by atoms with Gasteiger partial charge in [-0.2, -0.15) is 13.9 Å². The molecule has 0 bridgehead atoms. The quantitative estimate of drug-likeness (QED) is 0.826. The monoisotopic (exact) mass is 321 g/mol. The normalized spacial score (nSPS) is 10.9. The van der Waals surface area contributed by atoms with Crippen molar-refractivity contribution in [2.45, 2.75) is 12.4 Å². The molecule has 6 nitrogen and oxygen atoms in total. The van der Waals surface area contributed by atoms with E-state index in [4.69, 9.17) is 4.74 Å². The number of benzene rings is 2. The molecule has 0 fully saturated rings. The molecule has 2 aromatic carbocycles. The van der Waals surface area contributed by atoms with Gasteiger partial charge in [-0.05, 0) is 11.1 Å². The van der Waals surface area contributed by atoms with Gasteiger partial charge in [0, 0.05) is 0 Å². The third-order valence-corrected chi connectivity index (χ3v) is 3.68. The number of hydrogen-bond donors (Lipinski definition) is 1. The summed E-state index contributed by atoms with van der Waals surface area (Å²) in [5, 5.41) is 0. The predicted molar refractivity (Wildman–Crippen MR) is 79.9 cm³/mol. The van der Waals surface area contributed by atoms with Crippen molar-refractivity contribution in [3.63, 3.8) is 0 Å². The van der Waals surface area contributed by atoms with Gasteiger partial charge < -0.3 is 4.74 Å². The summed E-state index contributed by atoms with van der Waals surface area (Å²) in [6.45, 7) is 0.0226. The Morgan fingerprint density at radius 3 is 2.05 bits per heavy atom. The average Bonchev–Trinajstić information content (AvgIpc) is 2.53. The van der Waals surface area contributed by atoms with Crippen molar-refractivity contribution in [3.05, 3.63) is 71.8 Å². The first kappa shape index (κ1) is 16.0. The van der Waals surface area contributed by atoms with E-state index in [1.54, 1.807) is 60.1 Å².